The van der Waals surface area contributed by atoms with Crippen LogP contribution in [-0.2, 0) is 49.7 Å². The fraction of sp³-hybridized carbons (Fsp3) is 0.426. The second-order valence-electron chi connectivity index (χ2n) is 20.5. The molecule has 374 valence electrons. The minimum Gasteiger partial charge on any atom is -0.481 e. The minimum atomic E-state index is -1.35. The summed E-state index contributed by atoms with van der Waals surface area (Å²) in [7, 11) is 1.50. The summed E-state index contributed by atoms with van der Waals surface area (Å²) in [6.45, 7) is 0.665. The van der Waals surface area contributed by atoms with E-state index in [1.165, 1.54) is 18.2 Å². The van der Waals surface area contributed by atoms with Crippen LogP contribution in [0.5, 0.6) is 5.75 Å². The van der Waals surface area contributed by atoms with Crippen molar-refractivity contribution in [3.8, 4) is 17.6 Å². The summed E-state index contributed by atoms with van der Waals surface area (Å²) in [6, 6.07) is 29.0. The first-order chi connectivity index (χ1) is 35.1. The number of hydrogen-bond acceptors (Lipinski definition) is 11. The van der Waals surface area contributed by atoms with E-state index in [1.54, 1.807) is 19.1 Å². The van der Waals surface area contributed by atoms with Gasteiger partial charge in [-0.2, -0.15) is 0 Å². The average Bonchev–Trinajstić information content (AvgIpc) is 3.94. The summed E-state index contributed by atoms with van der Waals surface area (Å²) < 4.78 is 32.9. The molecule has 3 aliphatic heterocycles. The van der Waals surface area contributed by atoms with Crippen molar-refractivity contribution in [3.05, 3.63) is 169 Å². The van der Waals surface area contributed by atoms with E-state index in [4.69, 9.17) is 23.4 Å². The van der Waals surface area contributed by atoms with Gasteiger partial charge in [0.1, 0.15) is 11.3 Å². The van der Waals surface area contributed by atoms with Gasteiger partial charge >= 0.3 is 17.6 Å². The maximum Gasteiger partial charge on any atom is 0.340 e. The standard InChI is InChI=1S/C61H64O11/c1-37(34-63)47-21-18-39-19-22-48-43(30-39)14-8-9-27-61(46-16-6-7-17-46)58(71-59(47)66)57(55-52(72-61)25-24-50-51(35-64)54(60(67)70-56(50)55)44(26-28-62)36-68-2)69-53(65)33-45-32-42(20-23-49(45)48)41-15-10-13-40(31-41)29-38-11-4-3-5-12-38/h3-5,10-13,15,19-20,22-25,30-31,42,44-46,49,57-58,62-64H,6-7,14,16-18,21,26-29,32-36H2,1-2H3. The molecule has 1 aromatic heterocycles. The van der Waals surface area contributed by atoms with E-state index < -0.39 is 47.9 Å². The Bertz CT molecular complexity index is 3020. The highest BCUT2D eigenvalue weighted by Gasteiger charge is 2.59. The van der Waals surface area contributed by atoms with Crippen molar-refractivity contribution < 1.29 is 48.3 Å². The predicted octanol–water partition coefficient (Wildman–Crippen LogP) is 9.54. The minimum absolute atomic E-state index is 0.00588. The first-order valence-corrected chi connectivity index (χ1v) is 25.7. The van der Waals surface area contributed by atoms with Crippen molar-refractivity contribution in [1.29, 1.82) is 0 Å². The molecule has 11 nitrogen and oxygen atoms in total. The van der Waals surface area contributed by atoms with E-state index in [1.807, 2.05) is 6.07 Å². The van der Waals surface area contributed by atoms with Gasteiger partial charge < -0.3 is 38.7 Å². The number of allylic oxidation sites excluding steroid dienone is 2. The zero-order valence-corrected chi connectivity index (χ0v) is 41.2. The van der Waals surface area contributed by atoms with Crippen LogP contribution < -0.4 is 10.4 Å². The number of aliphatic hydroxyl groups is 3. The molecule has 11 heteroatoms. The van der Waals surface area contributed by atoms with E-state index >= 15 is 9.59 Å². The van der Waals surface area contributed by atoms with Crippen LogP contribution in [0, 0.1) is 23.7 Å². The SMILES string of the molecule is COCC(CCO)c1c(CO)c2ccc3c(c2oc1=O)C1OC(=O)CC2CC(c4cccc(Cc5ccccc5)c4)C=CC2c2ccc4cc2CC#CCC(C2CCCC2)(O3)C1OC(=O)C(=C(C)CO)CC4. The molecular formula is C61H64O11. The largest absolute Gasteiger partial charge is 0.481 e. The number of benzene rings is 4. The van der Waals surface area contributed by atoms with Gasteiger partial charge in [0.05, 0.1) is 31.8 Å². The molecule has 7 unspecified atom stereocenters. The summed E-state index contributed by atoms with van der Waals surface area (Å²) in [5.74, 6) is 5.01. The Morgan fingerprint density at radius 2 is 1.71 bits per heavy atom. The van der Waals surface area contributed by atoms with E-state index in [0.717, 1.165) is 54.4 Å². The number of hydrogen-bond donors (Lipinski definition) is 3. The topological polar surface area (TPSA) is 162 Å². The van der Waals surface area contributed by atoms with Crippen molar-refractivity contribution >= 4 is 22.9 Å². The van der Waals surface area contributed by atoms with Crippen molar-refractivity contribution in [2.24, 2.45) is 11.8 Å². The normalized spacial score (nSPS) is 25.2. The van der Waals surface area contributed by atoms with Crippen molar-refractivity contribution in [1.82, 2.24) is 0 Å². The van der Waals surface area contributed by atoms with Crippen LogP contribution in [0.4, 0.5) is 0 Å². The summed E-state index contributed by atoms with van der Waals surface area (Å²) in [4.78, 5) is 44.9. The molecule has 1 saturated carbocycles. The highest BCUT2D eigenvalue weighted by Crippen LogP contribution is 2.54. The van der Waals surface area contributed by atoms with Gasteiger partial charge in [-0.15, -0.1) is 0 Å². The summed E-state index contributed by atoms with van der Waals surface area (Å²) >= 11 is 0. The number of rotatable bonds is 11. The molecule has 4 heterocycles. The highest BCUT2D eigenvalue weighted by molar-refractivity contribution is 5.90. The Labute approximate surface area is 420 Å². The molecule has 4 aromatic carbocycles. The smallest absolute Gasteiger partial charge is 0.340 e. The Morgan fingerprint density at radius 3 is 2.49 bits per heavy atom. The van der Waals surface area contributed by atoms with Crippen LogP contribution in [0.2, 0.25) is 0 Å². The van der Waals surface area contributed by atoms with Crippen molar-refractivity contribution in [2.45, 2.75) is 126 Å². The molecule has 0 spiro atoms. The lowest BCUT2D eigenvalue weighted by molar-refractivity contribution is -0.201. The number of ether oxygens (including phenoxy) is 4. The maximum absolute atomic E-state index is 15.4. The van der Waals surface area contributed by atoms with E-state index in [2.05, 4.69) is 90.7 Å². The lowest BCUT2D eigenvalue weighted by Crippen LogP contribution is -2.60. The molecule has 7 atom stereocenters. The van der Waals surface area contributed by atoms with Crippen LogP contribution >= 0.6 is 0 Å². The number of esters is 2. The molecule has 5 aliphatic rings. The Balaban J connectivity index is 1.17. The molecule has 1 fully saturated rings. The molecule has 2 aliphatic carbocycles. The van der Waals surface area contributed by atoms with E-state index in [0.29, 0.717) is 41.5 Å². The number of fused-ring (bicyclic) bond motifs is 9. The zero-order chi connectivity index (χ0) is 49.9. The average molecular weight is 973 g/mol. The highest BCUT2D eigenvalue weighted by atomic mass is 16.6. The lowest BCUT2D eigenvalue weighted by atomic mass is 9.71. The van der Waals surface area contributed by atoms with Gasteiger partial charge in [0.2, 0.25) is 0 Å². The van der Waals surface area contributed by atoms with Crippen LogP contribution in [0.25, 0.3) is 11.0 Å². The fourth-order valence-electron chi connectivity index (χ4n) is 12.6. The van der Waals surface area contributed by atoms with Gasteiger partial charge in [0, 0.05) is 66.8 Å². The quantitative estimate of drug-likeness (QED) is 0.0380. The molecule has 3 N–H and O–H groups in total. The van der Waals surface area contributed by atoms with Gasteiger partial charge in [-0.1, -0.05) is 110 Å². The van der Waals surface area contributed by atoms with E-state index in [9.17, 15) is 20.1 Å². The van der Waals surface area contributed by atoms with Gasteiger partial charge in [-0.05, 0) is 114 Å². The third kappa shape index (κ3) is 9.58. The first kappa shape index (κ1) is 49.3. The Hall–Kier alpha value is -6.29. The zero-order valence-electron chi connectivity index (χ0n) is 41.2. The fourth-order valence-corrected chi connectivity index (χ4v) is 12.6. The van der Waals surface area contributed by atoms with Gasteiger partial charge in [-0.3, -0.25) is 4.79 Å². The van der Waals surface area contributed by atoms with Crippen molar-refractivity contribution in [3.63, 3.8) is 0 Å². The van der Waals surface area contributed by atoms with Crippen LogP contribution in [0.1, 0.15) is 139 Å². The van der Waals surface area contributed by atoms with Crippen LogP contribution in [0.15, 0.2) is 117 Å². The second kappa shape index (κ2) is 21.4. The van der Waals surface area contributed by atoms with Gasteiger partial charge in [0.25, 0.3) is 0 Å². The molecular weight excluding hydrogens is 909 g/mol. The summed E-state index contributed by atoms with van der Waals surface area (Å²) in [6.07, 6.45) is 8.19. The molecule has 72 heavy (non-hydrogen) atoms. The molecule has 0 amide bonds. The number of aliphatic hydroxyl groups excluding tert-OH is 3. The Kier molecular flexibility index (Phi) is 14.7. The third-order valence-corrected chi connectivity index (χ3v) is 16.2. The monoisotopic (exact) mass is 972 g/mol. The number of aryl methyl sites for hydroxylation is 1. The predicted molar refractivity (Wildman–Crippen MR) is 272 cm³/mol. The van der Waals surface area contributed by atoms with Gasteiger partial charge in [0.15, 0.2) is 17.8 Å². The van der Waals surface area contributed by atoms with Crippen LogP contribution in [0.3, 0.4) is 0 Å². The summed E-state index contributed by atoms with van der Waals surface area (Å²) in [5, 5.41) is 32.1. The molecule has 10 rings (SSSR count). The molecule has 5 bridgehead atoms. The lowest BCUT2D eigenvalue weighted by Gasteiger charge is -2.49. The van der Waals surface area contributed by atoms with E-state index in [-0.39, 0.29) is 91.4 Å². The van der Waals surface area contributed by atoms with Crippen LogP contribution in [-0.4, -0.2) is 65.9 Å². The maximum atomic E-state index is 15.4. The number of carbonyl (C=O) groups excluding carboxylic acids is 2. The number of carbonyl (C=O) groups is 2. The third-order valence-electron chi connectivity index (χ3n) is 16.2. The Morgan fingerprint density at radius 1 is 0.889 bits per heavy atom. The molecule has 0 radical (unpaired) electrons. The molecule has 0 saturated heterocycles. The second-order valence-corrected chi connectivity index (χ2v) is 20.5. The number of methoxy groups -OCH3 is 1. The summed E-state index contributed by atoms with van der Waals surface area (Å²) in [5.41, 5.74) is 6.17. The van der Waals surface area contributed by atoms with Gasteiger partial charge in [-0.25, -0.2) is 9.59 Å². The van der Waals surface area contributed by atoms with Crippen molar-refractivity contribution in [2.75, 3.05) is 26.9 Å². The first-order valence-electron chi connectivity index (χ1n) is 25.7. The molecule has 5 aromatic rings.